The molecule has 0 atom stereocenters. The highest BCUT2D eigenvalue weighted by molar-refractivity contribution is 5.25. The van der Waals surface area contributed by atoms with E-state index < -0.39 is 0 Å². The Morgan fingerprint density at radius 1 is 1.41 bits per heavy atom. The van der Waals surface area contributed by atoms with Gasteiger partial charge in [0, 0.05) is 18.3 Å². The maximum atomic E-state index is 5.73. The van der Waals surface area contributed by atoms with E-state index in [1.807, 2.05) is 6.07 Å². The van der Waals surface area contributed by atoms with Crippen molar-refractivity contribution in [2.24, 2.45) is 11.7 Å². The van der Waals surface area contributed by atoms with Gasteiger partial charge in [0.15, 0.2) is 0 Å². The Morgan fingerprint density at radius 2 is 2.24 bits per heavy atom. The third-order valence-corrected chi connectivity index (χ3v) is 3.51. The standard InChI is InChI=1S/C14H22N2O/c1-2-13-8-12(10-15)9-14(16-13)17-7-6-11-4-3-5-11/h8-9,11H,2-7,10,15H2,1H3. The van der Waals surface area contributed by atoms with Crippen LogP contribution in [-0.4, -0.2) is 11.6 Å². The molecular weight excluding hydrogens is 212 g/mol. The van der Waals surface area contributed by atoms with Gasteiger partial charge in [-0.2, -0.15) is 0 Å². The summed E-state index contributed by atoms with van der Waals surface area (Å²) in [5.41, 5.74) is 7.84. The average Bonchev–Trinajstić information content (AvgIpc) is 2.31. The van der Waals surface area contributed by atoms with Gasteiger partial charge in [-0.05, 0) is 30.4 Å². The molecule has 2 N–H and O–H groups in total. The molecule has 0 bridgehead atoms. The molecule has 2 rings (SSSR count). The summed E-state index contributed by atoms with van der Waals surface area (Å²) in [6, 6.07) is 4.01. The van der Waals surface area contributed by atoms with Crippen LogP contribution >= 0.6 is 0 Å². The molecule has 0 saturated heterocycles. The molecule has 1 saturated carbocycles. The first-order chi connectivity index (χ1) is 8.31. The highest BCUT2D eigenvalue weighted by atomic mass is 16.5. The first-order valence-electron chi connectivity index (χ1n) is 6.64. The Morgan fingerprint density at radius 3 is 2.82 bits per heavy atom. The van der Waals surface area contributed by atoms with Gasteiger partial charge in [-0.1, -0.05) is 26.2 Å². The van der Waals surface area contributed by atoms with E-state index >= 15 is 0 Å². The van der Waals surface area contributed by atoms with Crippen molar-refractivity contribution in [1.29, 1.82) is 0 Å². The molecule has 1 aromatic heterocycles. The van der Waals surface area contributed by atoms with Crippen molar-refractivity contribution in [3.05, 3.63) is 23.4 Å². The van der Waals surface area contributed by atoms with E-state index in [1.165, 1.54) is 19.3 Å². The maximum Gasteiger partial charge on any atom is 0.213 e. The number of aryl methyl sites for hydroxylation is 1. The predicted molar refractivity (Wildman–Crippen MR) is 69.0 cm³/mol. The summed E-state index contributed by atoms with van der Waals surface area (Å²) in [4.78, 5) is 4.46. The fourth-order valence-corrected chi connectivity index (χ4v) is 2.10. The molecule has 0 aliphatic heterocycles. The van der Waals surface area contributed by atoms with Crippen LogP contribution in [0.2, 0.25) is 0 Å². The number of pyridine rings is 1. The summed E-state index contributed by atoms with van der Waals surface area (Å²) in [5.74, 6) is 1.63. The van der Waals surface area contributed by atoms with Crippen molar-refractivity contribution < 1.29 is 4.74 Å². The summed E-state index contributed by atoms with van der Waals surface area (Å²) < 4.78 is 5.73. The minimum Gasteiger partial charge on any atom is -0.478 e. The highest BCUT2D eigenvalue weighted by Crippen LogP contribution is 2.29. The summed E-state index contributed by atoms with van der Waals surface area (Å²) >= 11 is 0. The van der Waals surface area contributed by atoms with E-state index in [1.54, 1.807) is 0 Å². The number of nitrogens with zero attached hydrogens (tertiary/aromatic N) is 1. The molecule has 94 valence electrons. The molecule has 1 fully saturated rings. The maximum absolute atomic E-state index is 5.73. The fraction of sp³-hybridized carbons (Fsp3) is 0.643. The van der Waals surface area contributed by atoms with E-state index in [-0.39, 0.29) is 0 Å². The molecule has 3 nitrogen and oxygen atoms in total. The average molecular weight is 234 g/mol. The Hall–Kier alpha value is -1.09. The number of ether oxygens (including phenoxy) is 1. The van der Waals surface area contributed by atoms with Gasteiger partial charge >= 0.3 is 0 Å². The quantitative estimate of drug-likeness (QED) is 0.823. The SMILES string of the molecule is CCc1cc(CN)cc(OCCC2CCC2)n1. The summed E-state index contributed by atoms with van der Waals surface area (Å²) in [5, 5.41) is 0. The molecule has 0 spiro atoms. The minimum atomic E-state index is 0.550. The Bertz CT molecular complexity index is 339. The van der Waals surface area contributed by atoms with Gasteiger partial charge in [-0.15, -0.1) is 0 Å². The zero-order valence-electron chi connectivity index (χ0n) is 10.6. The first-order valence-corrected chi connectivity index (χ1v) is 6.64. The fourth-order valence-electron chi connectivity index (χ4n) is 2.10. The smallest absolute Gasteiger partial charge is 0.213 e. The minimum absolute atomic E-state index is 0.550. The van der Waals surface area contributed by atoms with Crippen LogP contribution in [0.5, 0.6) is 5.88 Å². The van der Waals surface area contributed by atoms with Gasteiger partial charge in [0.25, 0.3) is 0 Å². The second kappa shape index (κ2) is 6.01. The van der Waals surface area contributed by atoms with Crippen molar-refractivity contribution in [1.82, 2.24) is 4.98 Å². The molecule has 1 aromatic rings. The molecule has 0 radical (unpaired) electrons. The lowest BCUT2D eigenvalue weighted by Crippen LogP contribution is -2.15. The summed E-state index contributed by atoms with van der Waals surface area (Å²) in [7, 11) is 0. The summed E-state index contributed by atoms with van der Waals surface area (Å²) in [6.45, 7) is 3.43. The number of aromatic nitrogens is 1. The lowest BCUT2D eigenvalue weighted by atomic mass is 9.83. The lowest BCUT2D eigenvalue weighted by molar-refractivity contribution is 0.217. The van der Waals surface area contributed by atoms with Gasteiger partial charge in [0.2, 0.25) is 5.88 Å². The molecular formula is C14H22N2O. The van der Waals surface area contributed by atoms with Crippen LogP contribution in [0.3, 0.4) is 0 Å². The van der Waals surface area contributed by atoms with Gasteiger partial charge in [-0.25, -0.2) is 4.98 Å². The molecule has 1 heterocycles. The highest BCUT2D eigenvalue weighted by Gasteiger charge is 2.17. The predicted octanol–water partition coefficient (Wildman–Crippen LogP) is 2.67. The largest absolute Gasteiger partial charge is 0.478 e. The number of rotatable bonds is 6. The van der Waals surface area contributed by atoms with Crippen molar-refractivity contribution in [2.75, 3.05) is 6.61 Å². The van der Waals surface area contributed by atoms with Gasteiger partial charge in [0.1, 0.15) is 0 Å². The van der Waals surface area contributed by atoms with Crippen molar-refractivity contribution in [2.45, 2.75) is 45.6 Å². The van der Waals surface area contributed by atoms with Crippen LogP contribution < -0.4 is 10.5 Å². The molecule has 0 amide bonds. The van der Waals surface area contributed by atoms with Gasteiger partial charge < -0.3 is 10.5 Å². The number of hydrogen-bond acceptors (Lipinski definition) is 3. The van der Waals surface area contributed by atoms with Crippen LogP contribution in [0.1, 0.15) is 43.9 Å². The third kappa shape index (κ3) is 3.43. The Kier molecular flexibility index (Phi) is 4.37. The second-order valence-electron chi connectivity index (χ2n) is 4.80. The van der Waals surface area contributed by atoms with Gasteiger partial charge in [-0.3, -0.25) is 0 Å². The topological polar surface area (TPSA) is 48.1 Å². The lowest BCUT2D eigenvalue weighted by Gasteiger charge is -2.24. The van der Waals surface area contributed by atoms with Crippen molar-refractivity contribution in [3.8, 4) is 5.88 Å². The van der Waals surface area contributed by atoms with E-state index in [0.717, 1.165) is 42.5 Å². The van der Waals surface area contributed by atoms with Crippen molar-refractivity contribution in [3.63, 3.8) is 0 Å². The van der Waals surface area contributed by atoms with Crippen LogP contribution in [-0.2, 0) is 13.0 Å². The van der Waals surface area contributed by atoms with Gasteiger partial charge in [0.05, 0.1) is 6.61 Å². The van der Waals surface area contributed by atoms with E-state index in [0.29, 0.717) is 6.54 Å². The van der Waals surface area contributed by atoms with E-state index in [9.17, 15) is 0 Å². The van der Waals surface area contributed by atoms with Crippen molar-refractivity contribution >= 4 is 0 Å². The van der Waals surface area contributed by atoms with Crippen LogP contribution in [0, 0.1) is 5.92 Å². The summed E-state index contributed by atoms with van der Waals surface area (Å²) in [6.07, 6.45) is 6.23. The molecule has 0 unspecified atom stereocenters. The molecule has 3 heteroatoms. The zero-order valence-corrected chi connectivity index (χ0v) is 10.6. The van der Waals surface area contributed by atoms with Crippen LogP contribution in [0.25, 0.3) is 0 Å². The normalized spacial score (nSPS) is 15.6. The number of nitrogens with two attached hydrogens (primary N) is 1. The Balaban J connectivity index is 1.89. The molecule has 1 aliphatic carbocycles. The second-order valence-corrected chi connectivity index (χ2v) is 4.80. The third-order valence-electron chi connectivity index (χ3n) is 3.51. The van der Waals surface area contributed by atoms with E-state index in [4.69, 9.17) is 10.5 Å². The molecule has 0 aromatic carbocycles. The monoisotopic (exact) mass is 234 g/mol. The molecule has 1 aliphatic rings. The number of hydrogen-bond donors (Lipinski definition) is 1. The molecule has 17 heavy (non-hydrogen) atoms. The Labute approximate surface area is 103 Å². The van der Waals surface area contributed by atoms with Crippen LogP contribution in [0.4, 0.5) is 0 Å². The zero-order chi connectivity index (χ0) is 12.1. The van der Waals surface area contributed by atoms with E-state index in [2.05, 4.69) is 18.0 Å². The van der Waals surface area contributed by atoms with Crippen LogP contribution in [0.15, 0.2) is 12.1 Å². The first kappa shape index (κ1) is 12.4.